The van der Waals surface area contributed by atoms with Crippen molar-refractivity contribution in [2.75, 3.05) is 30.4 Å². The molecular weight excluding hydrogens is 267 g/mol. The number of anilines is 3. The quantitative estimate of drug-likeness (QED) is 0.731. The van der Waals surface area contributed by atoms with Crippen molar-refractivity contribution in [1.82, 2.24) is 4.90 Å². The van der Waals surface area contributed by atoms with Crippen LogP contribution >= 0.6 is 11.6 Å². The number of hydrogen-bond acceptors (Lipinski definition) is 4. The lowest BCUT2D eigenvalue weighted by Crippen LogP contribution is -2.42. The lowest BCUT2D eigenvalue weighted by atomic mass is 9.98. The molecule has 2 atom stereocenters. The van der Waals surface area contributed by atoms with E-state index in [4.69, 9.17) is 23.1 Å². The molecule has 0 radical (unpaired) electrons. The van der Waals surface area contributed by atoms with Crippen LogP contribution in [-0.2, 0) is 0 Å². The molecule has 0 saturated carbocycles. The lowest BCUT2D eigenvalue weighted by molar-refractivity contribution is 0.190. The summed E-state index contributed by atoms with van der Waals surface area (Å²) in [5.41, 5.74) is 12.1. The van der Waals surface area contributed by atoms with Gasteiger partial charge in [0.15, 0.2) is 5.82 Å². The maximum absolute atomic E-state index is 14.1. The second kappa shape index (κ2) is 5.43. The van der Waals surface area contributed by atoms with Gasteiger partial charge in [-0.2, -0.15) is 0 Å². The second-order valence-corrected chi connectivity index (χ2v) is 5.63. The van der Waals surface area contributed by atoms with Gasteiger partial charge in [0.05, 0.1) is 17.1 Å². The number of rotatable bonds is 2. The Bertz CT molecular complexity index is 480. The summed E-state index contributed by atoms with van der Waals surface area (Å²) in [6, 6.07) is 2.15. The highest BCUT2D eigenvalue weighted by Crippen LogP contribution is 2.35. The second-order valence-electron chi connectivity index (χ2n) is 5.25. The summed E-state index contributed by atoms with van der Waals surface area (Å²) in [5.74, 6) is -0.564. The number of benzene rings is 1. The fourth-order valence-electron chi connectivity index (χ4n) is 2.44. The minimum atomic E-state index is -0.564. The van der Waals surface area contributed by atoms with Gasteiger partial charge in [-0.1, -0.05) is 11.6 Å². The van der Waals surface area contributed by atoms with Gasteiger partial charge < -0.3 is 21.7 Å². The summed E-state index contributed by atoms with van der Waals surface area (Å²) in [6.07, 6.45) is 1.89. The first-order chi connectivity index (χ1) is 8.90. The van der Waals surface area contributed by atoms with Crippen molar-refractivity contribution in [3.05, 3.63) is 16.9 Å². The monoisotopic (exact) mass is 286 g/mol. The van der Waals surface area contributed by atoms with Crippen molar-refractivity contribution < 1.29 is 4.39 Å². The summed E-state index contributed by atoms with van der Waals surface area (Å²) in [5, 5.41) is 3.10. The van der Waals surface area contributed by atoms with E-state index in [1.54, 1.807) is 0 Å². The first-order valence-electron chi connectivity index (χ1n) is 6.40. The Morgan fingerprint density at radius 1 is 1.42 bits per heavy atom. The van der Waals surface area contributed by atoms with Crippen LogP contribution < -0.4 is 16.8 Å². The van der Waals surface area contributed by atoms with E-state index >= 15 is 0 Å². The molecule has 0 amide bonds. The summed E-state index contributed by atoms with van der Waals surface area (Å²) in [6.45, 7) is 3.13. The van der Waals surface area contributed by atoms with Crippen LogP contribution in [0, 0.1) is 5.82 Å². The molecule has 1 heterocycles. The molecule has 0 aliphatic carbocycles. The van der Waals surface area contributed by atoms with Gasteiger partial charge in [0.25, 0.3) is 0 Å². The normalized spacial score (nSPS) is 24.4. The maximum Gasteiger partial charge on any atom is 0.169 e. The number of piperidine rings is 1. The molecule has 4 nitrogen and oxygen atoms in total. The van der Waals surface area contributed by atoms with Gasteiger partial charge in [0, 0.05) is 18.6 Å². The topological polar surface area (TPSA) is 67.3 Å². The number of halogens is 2. The number of nitrogen functional groups attached to an aromatic ring is 2. The van der Waals surface area contributed by atoms with E-state index in [9.17, 15) is 4.39 Å². The van der Waals surface area contributed by atoms with Crippen molar-refractivity contribution >= 4 is 28.7 Å². The predicted octanol–water partition coefficient (Wildman–Crippen LogP) is 2.54. The van der Waals surface area contributed by atoms with Gasteiger partial charge in [-0.15, -0.1) is 0 Å². The summed E-state index contributed by atoms with van der Waals surface area (Å²) >= 11 is 5.82. The van der Waals surface area contributed by atoms with Crippen LogP contribution in [0.25, 0.3) is 0 Å². The van der Waals surface area contributed by atoms with Gasteiger partial charge in [-0.3, -0.25) is 0 Å². The third-order valence-corrected chi connectivity index (χ3v) is 4.21. The van der Waals surface area contributed by atoms with Crippen LogP contribution in [0.1, 0.15) is 19.8 Å². The van der Waals surface area contributed by atoms with Gasteiger partial charge in [-0.05, 0) is 32.9 Å². The Kier molecular flexibility index (Phi) is 4.06. The summed E-state index contributed by atoms with van der Waals surface area (Å²) in [4.78, 5) is 2.29. The minimum Gasteiger partial charge on any atom is -0.397 e. The molecule has 1 aliphatic rings. The molecule has 6 heteroatoms. The largest absolute Gasteiger partial charge is 0.397 e. The van der Waals surface area contributed by atoms with Crippen LogP contribution in [0.2, 0.25) is 5.02 Å². The fraction of sp³-hybridized carbons (Fsp3) is 0.538. The zero-order chi connectivity index (χ0) is 14.2. The first-order valence-corrected chi connectivity index (χ1v) is 6.77. The first kappa shape index (κ1) is 14.2. The van der Waals surface area contributed by atoms with Crippen LogP contribution in [-0.4, -0.2) is 30.6 Å². The highest BCUT2D eigenvalue weighted by Gasteiger charge is 2.24. The van der Waals surface area contributed by atoms with E-state index in [1.165, 1.54) is 6.07 Å². The van der Waals surface area contributed by atoms with Gasteiger partial charge in [0.2, 0.25) is 0 Å². The van der Waals surface area contributed by atoms with E-state index in [2.05, 4.69) is 24.2 Å². The number of nitrogens with two attached hydrogens (primary N) is 2. The number of nitrogens with one attached hydrogen (secondary N) is 1. The van der Waals surface area contributed by atoms with Crippen molar-refractivity contribution in [2.24, 2.45) is 0 Å². The lowest BCUT2D eigenvalue weighted by Gasteiger charge is -2.36. The number of likely N-dealkylation sites (tertiary alicyclic amines) is 1. The van der Waals surface area contributed by atoms with E-state index in [0.717, 1.165) is 19.4 Å². The third kappa shape index (κ3) is 2.87. The average molecular weight is 287 g/mol. The summed E-state index contributed by atoms with van der Waals surface area (Å²) < 4.78 is 14.1. The van der Waals surface area contributed by atoms with E-state index in [-0.39, 0.29) is 22.4 Å². The zero-order valence-corrected chi connectivity index (χ0v) is 12.0. The summed E-state index contributed by atoms with van der Waals surface area (Å²) in [7, 11) is 2.09. The van der Waals surface area contributed by atoms with Crippen LogP contribution in [0.3, 0.4) is 0 Å². The predicted molar refractivity (Wildman–Crippen MR) is 79.0 cm³/mol. The zero-order valence-electron chi connectivity index (χ0n) is 11.2. The maximum atomic E-state index is 14.1. The van der Waals surface area contributed by atoms with Gasteiger partial charge in [0.1, 0.15) is 5.02 Å². The van der Waals surface area contributed by atoms with Crippen LogP contribution in [0.5, 0.6) is 0 Å². The Balaban J connectivity index is 2.18. The molecule has 0 bridgehead atoms. The van der Waals surface area contributed by atoms with Crippen molar-refractivity contribution in [3.8, 4) is 0 Å². The Labute approximate surface area is 117 Å². The van der Waals surface area contributed by atoms with Crippen LogP contribution in [0.15, 0.2) is 6.07 Å². The number of hydrogen-bond donors (Lipinski definition) is 3. The highest BCUT2D eigenvalue weighted by atomic mass is 35.5. The Morgan fingerprint density at radius 3 is 2.74 bits per heavy atom. The SMILES string of the molecule is CC1CC(Nc2c(N)cc(N)c(Cl)c2F)CCN1C. The van der Waals surface area contributed by atoms with Gasteiger partial charge >= 0.3 is 0 Å². The molecule has 1 aromatic carbocycles. The van der Waals surface area contributed by atoms with Gasteiger partial charge in [-0.25, -0.2) is 4.39 Å². The van der Waals surface area contributed by atoms with E-state index < -0.39 is 5.82 Å². The van der Waals surface area contributed by atoms with Crippen molar-refractivity contribution in [1.29, 1.82) is 0 Å². The average Bonchev–Trinajstić information content (AvgIpc) is 2.36. The molecule has 2 unspecified atom stereocenters. The molecule has 106 valence electrons. The van der Waals surface area contributed by atoms with Crippen molar-refractivity contribution in [3.63, 3.8) is 0 Å². The smallest absolute Gasteiger partial charge is 0.169 e. The van der Waals surface area contributed by atoms with E-state index in [0.29, 0.717) is 11.7 Å². The molecule has 2 rings (SSSR count). The molecule has 19 heavy (non-hydrogen) atoms. The Morgan fingerprint density at radius 2 is 2.11 bits per heavy atom. The molecule has 1 aromatic rings. The third-order valence-electron chi connectivity index (χ3n) is 3.82. The molecule has 5 N–H and O–H groups in total. The standard InChI is InChI=1S/C13H20ClFN4/c1-7-5-8(3-4-19(7)2)18-13-10(17)6-9(16)11(14)12(13)15/h6-8,18H,3-5,16-17H2,1-2H3. The molecule has 1 fully saturated rings. The van der Waals surface area contributed by atoms with Crippen molar-refractivity contribution in [2.45, 2.75) is 31.8 Å². The molecule has 1 aliphatic heterocycles. The Hall–Kier alpha value is -1.20. The fourth-order valence-corrected chi connectivity index (χ4v) is 2.59. The van der Waals surface area contributed by atoms with E-state index in [1.807, 2.05) is 0 Å². The van der Waals surface area contributed by atoms with Crippen LogP contribution in [0.4, 0.5) is 21.5 Å². The molecule has 0 aromatic heterocycles. The molecular formula is C13H20ClFN4. The molecule has 1 saturated heterocycles. The minimum absolute atomic E-state index is 0.0716. The molecule has 0 spiro atoms. The highest BCUT2D eigenvalue weighted by molar-refractivity contribution is 6.33. The number of nitrogens with zero attached hydrogens (tertiary/aromatic N) is 1.